The molecular weight excluding hydrogens is 262 g/mol. The first-order chi connectivity index (χ1) is 10.1. The summed E-state index contributed by atoms with van der Waals surface area (Å²) in [4.78, 5) is 11.1. The van der Waals surface area contributed by atoms with Gasteiger partial charge < -0.3 is 10.4 Å². The lowest BCUT2D eigenvalue weighted by Crippen LogP contribution is -2.40. The van der Waals surface area contributed by atoms with Gasteiger partial charge in [0.05, 0.1) is 6.42 Å². The van der Waals surface area contributed by atoms with Crippen LogP contribution in [0.25, 0.3) is 0 Å². The van der Waals surface area contributed by atoms with E-state index in [0.29, 0.717) is 6.04 Å². The number of aliphatic carboxylic acids is 1. The summed E-state index contributed by atoms with van der Waals surface area (Å²) >= 11 is 0. The summed E-state index contributed by atoms with van der Waals surface area (Å²) in [5.41, 5.74) is 2.46. The fourth-order valence-corrected chi connectivity index (χ4v) is 3.19. The number of benzene rings is 1. The van der Waals surface area contributed by atoms with E-state index in [1.807, 2.05) is 0 Å². The summed E-state index contributed by atoms with van der Waals surface area (Å²) < 4.78 is 0. The van der Waals surface area contributed by atoms with Gasteiger partial charge in [-0.2, -0.15) is 0 Å². The smallest absolute Gasteiger partial charge is 0.304 e. The fraction of sp³-hybridized carbons (Fsp3) is 0.611. The maximum atomic E-state index is 11.1. The van der Waals surface area contributed by atoms with Crippen LogP contribution in [-0.2, 0) is 11.2 Å². The molecule has 1 aliphatic rings. The van der Waals surface area contributed by atoms with E-state index in [4.69, 9.17) is 5.11 Å². The molecule has 1 aliphatic carbocycles. The Hall–Kier alpha value is -1.35. The van der Waals surface area contributed by atoms with Crippen molar-refractivity contribution in [2.75, 3.05) is 0 Å². The van der Waals surface area contributed by atoms with Gasteiger partial charge in [0.25, 0.3) is 0 Å². The number of nitrogens with one attached hydrogen (secondary N) is 1. The largest absolute Gasteiger partial charge is 0.481 e. The molecule has 0 aliphatic heterocycles. The molecule has 1 saturated carbocycles. The van der Waals surface area contributed by atoms with Crippen LogP contribution < -0.4 is 5.32 Å². The summed E-state index contributed by atoms with van der Waals surface area (Å²) in [6.07, 6.45) is 8.53. The third-order valence-electron chi connectivity index (χ3n) is 4.35. The molecule has 1 unspecified atom stereocenters. The van der Waals surface area contributed by atoms with Crippen LogP contribution in [0, 0.1) is 6.92 Å². The predicted octanol–water partition coefficient (Wildman–Crippen LogP) is 3.69. The van der Waals surface area contributed by atoms with Gasteiger partial charge in [-0.3, -0.25) is 4.79 Å². The summed E-state index contributed by atoms with van der Waals surface area (Å²) in [5, 5.41) is 12.8. The van der Waals surface area contributed by atoms with Crippen LogP contribution in [0.3, 0.4) is 0 Å². The number of carboxylic acid groups (broad SMARTS) is 1. The highest BCUT2D eigenvalue weighted by atomic mass is 16.4. The Morgan fingerprint density at radius 1 is 1.19 bits per heavy atom. The van der Waals surface area contributed by atoms with Crippen LogP contribution in [0.4, 0.5) is 0 Å². The van der Waals surface area contributed by atoms with E-state index in [9.17, 15) is 4.79 Å². The van der Waals surface area contributed by atoms with E-state index in [0.717, 1.165) is 6.42 Å². The standard InChI is InChI=1S/C18H27NO2/c1-14-8-10-15(11-9-14)12-17(13-18(20)21)19-16-6-4-2-3-5-7-16/h8-11,16-17,19H,2-7,12-13H2,1H3,(H,20,21). The molecule has 3 heteroatoms. The van der Waals surface area contributed by atoms with Gasteiger partial charge in [0.2, 0.25) is 0 Å². The first-order valence-corrected chi connectivity index (χ1v) is 8.17. The van der Waals surface area contributed by atoms with Gasteiger partial charge in [-0.1, -0.05) is 55.5 Å². The van der Waals surface area contributed by atoms with Crippen LogP contribution in [0.1, 0.15) is 56.1 Å². The van der Waals surface area contributed by atoms with Crippen LogP contribution in [0.5, 0.6) is 0 Å². The molecule has 3 nitrogen and oxygen atoms in total. The second-order valence-corrected chi connectivity index (χ2v) is 6.34. The molecule has 1 fully saturated rings. The Kier molecular flexibility index (Phi) is 6.24. The molecule has 0 radical (unpaired) electrons. The number of carboxylic acids is 1. The first-order valence-electron chi connectivity index (χ1n) is 8.17. The fourth-order valence-electron chi connectivity index (χ4n) is 3.19. The Balaban J connectivity index is 1.96. The minimum atomic E-state index is -0.715. The number of aryl methyl sites for hydroxylation is 1. The highest BCUT2D eigenvalue weighted by Gasteiger charge is 2.19. The average Bonchev–Trinajstić information content (AvgIpc) is 2.69. The highest BCUT2D eigenvalue weighted by Crippen LogP contribution is 2.19. The molecule has 1 aromatic rings. The highest BCUT2D eigenvalue weighted by molar-refractivity contribution is 5.67. The van der Waals surface area contributed by atoms with Crippen molar-refractivity contribution in [1.29, 1.82) is 0 Å². The molecule has 0 saturated heterocycles. The quantitative estimate of drug-likeness (QED) is 0.785. The Bertz CT molecular complexity index is 433. The molecule has 1 aromatic carbocycles. The van der Waals surface area contributed by atoms with Crippen molar-refractivity contribution in [1.82, 2.24) is 5.32 Å². The summed E-state index contributed by atoms with van der Waals surface area (Å²) in [7, 11) is 0. The molecule has 0 heterocycles. The van der Waals surface area contributed by atoms with E-state index in [-0.39, 0.29) is 12.5 Å². The van der Waals surface area contributed by atoms with E-state index in [1.54, 1.807) is 0 Å². The van der Waals surface area contributed by atoms with E-state index in [1.165, 1.54) is 49.7 Å². The molecule has 0 bridgehead atoms. The monoisotopic (exact) mass is 289 g/mol. The molecule has 0 amide bonds. The van der Waals surface area contributed by atoms with Crippen LogP contribution in [0.15, 0.2) is 24.3 Å². The van der Waals surface area contributed by atoms with Crippen molar-refractivity contribution in [3.8, 4) is 0 Å². The van der Waals surface area contributed by atoms with Gasteiger partial charge >= 0.3 is 5.97 Å². The average molecular weight is 289 g/mol. The van der Waals surface area contributed by atoms with Gasteiger partial charge in [0.1, 0.15) is 0 Å². The van der Waals surface area contributed by atoms with Gasteiger partial charge in [-0.25, -0.2) is 0 Å². The normalized spacial score (nSPS) is 18.1. The van der Waals surface area contributed by atoms with Crippen molar-refractivity contribution in [2.24, 2.45) is 0 Å². The number of carbonyl (C=O) groups is 1. The van der Waals surface area contributed by atoms with Crippen LogP contribution in [0.2, 0.25) is 0 Å². The molecule has 21 heavy (non-hydrogen) atoms. The number of hydrogen-bond donors (Lipinski definition) is 2. The lowest BCUT2D eigenvalue weighted by atomic mass is 9.99. The minimum absolute atomic E-state index is 0.0355. The lowest BCUT2D eigenvalue weighted by molar-refractivity contribution is -0.137. The van der Waals surface area contributed by atoms with Gasteiger partial charge in [0.15, 0.2) is 0 Å². The van der Waals surface area contributed by atoms with E-state index in [2.05, 4.69) is 36.5 Å². The minimum Gasteiger partial charge on any atom is -0.481 e. The first kappa shape index (κ1) is 16.0. The van der Waals surface area contributed by atoms with Crippen molar-refractivity contribution >= 4 is 5.97 Å². The zero-order valence-electron chi connectivity index (χ0n) is 13.0. The summed E-state index contributed by atoms with van der Waals surface area (Å²) in [5.74, 6) is -0.715. The lowest BCUT2D eigenvalue weighted by Gasteiger charge is -2.24. The topological polar surface area (TPSA) is 49.3 Å². The van der Waals surface area contributed by atoms with Crippen molar-refractivity contribution < 1.29 is 9.90 Å². The third kappa shape index (κ3) is 5.88. The van der Waals surface area contributed by atoms with Gasteiger partial charge in [-0.15, -0.1) is 0 Å². The van der Waals surface area contributed by atoms with Crippen molar-refractivity contribution in [3.63, 3.8) is 0 Å². The molecule has 116 valence electrons. The summed E-state index contributed by atoms with van der Waals surface area (Å²) in [6, 6.07) is 8.94. The molecule has 2 rings (SSSR count). The number of rotatable bonds is 6. The van der Waals surface area contributed by atoms with Crippen molar-refractivity contribution in [3.05, 3.63) is 35.4 Å². The van der Waals surface area contributed by atoms with E-state index < -0.39 is 5.97 Å². The summed E-state index contributed by atoms with van der Waals surface area (Å²) in [6.45, 7) is 2.07. The van der Waals surface area contributed by atoms with Gasteiger partial charge in [0, 0.05) is 12.1 Å². The second kappa shape index (κ2) is 8.18. The molecule has 1 atom stereocenters. The Morgan fingerprint density at radius 3 is 2.38 bits per heavy atom. The third-order valence-corrected chi connectivity index (χ3v) is 4.35. The Morgan fingerprint density at radius 2 is 1.81 bits per heavy atom. The SMILES string of the molecule is Cc1ccc(CC(CC(=O)O)NC2CCCCCC2)cc1. The maximum Gasteiger partial charge on any atom is 0.304 e. The maximum absolute atomic E-state index is 11.1. The Labute approximate surface area is 127 Å². The van der Waals surface area contributed by atoms with Crippen LogP contribution >= 0.6 is 0 Å². The number of hydrogen-bond acceptors (Lipinski definition) is 2. The molecule has 2 N–H and O–H groups in total. The second-order valence-electron chi connectivity index (χ2n) is 6.34. The molecule has 0 aromatic heterocycles. The van der Waals surface area contributed by atoms with Gasteiger partial charge in [-0.05, 0) is 31.7 Å². The zero-order valence-corrected chi connectivity index (χ0v) is 13.0. The zero-order chi connectivity index (χ0) is 15.1. The van der Waals surface area contributed by atoms with Crippen molar-refractivity contribution in [2.45, 2.75) is 70.4 Å². The molecular formula is C18H27NO2. The molecule has 0 spiro atoms. The van der Waals surface area contributed by atoms with E-state index >= 15 is 0 Å². The van der Waals surface area contributed by atoms with Crippen LogP contribution in [-0.4, -0.2) is 23.2 Å². The predicted molar refractivity (Wildman–Crippen MR) is 85.5 cm³/mol.